The molecule has 0 unspecified atom stereocenters. The lowest BCUT2D eigenvalue weighted by atomic mass is 10.1. The Kier molecular flexibility index (Phi) is 3.87. The lowest BCUT2D eigenvalue weighted by molar-refractivity contribution is 0.102. The molecule has 0 fully saturated rings. The number of carbonyl (C=O) groups excluding carboxylic acids is 1. The molecule has 1 amide bonds. The van der Waals surface area contributed by atoms with Gasteiger partial charge in [-0.15, -0.1) is 0 Å². The third-order valence-corrected chi connectivity index (χ3v) is 2.94. The molecule has 0 saturated heterocycles. The lowest BCUT2D eigenvalue weighted by Gasteiger charge is -2.08. The molecule has 0 atom stereocenters. The van der Waals surface area contributed by atoms with Crippen molar-refractivity contribution in [1.82, 2.24) is 0 Å². The standard InChI is InChI=1S/C14H9ClFN3O/c15-11-6-8(1-3-12(11)18)14(20)19-13-4-2-10(16)5-9(13)7-17/h1-6H,18H2,(H,19,20). The molecule has 6 heteroatoms. The van der Waals surface area contributed by atoms with Crippen LogP contribution in [0.3, 0.4) is 0 Å². The number of nitrogens with zero attached hydrogens (tertiary/aromatic N) is 1. The average Bonchev–Trinajstić information content (AvgIpc) is 2.43. The maximum atomic E-state index is 13.0. The number of nitrogens with two attached hydrogens (primary N) is 1. The van der Waals surface area contributed by atoms with Crippen LogP contribution in [0.1, 0.15) is 15.9 Å². The number of rotatable bonds is 2. The van der Waals surface area contributed by atoms with E-state index in [9.17, 15) is 9.18 Å². The van der Waals surface area contributed by atoms with Gasteiger partial charge in [0, 0.05) is 5.56 Å². The Labute approximate surface area is 119 Å². The Morgan fingerprint density at radius 3 is 2.70 bits per heavy atom. The van der Waals surface area contributed by atoms with Crippen molar-refractivity contribution in [2.24, 2.45) is 0 Å². The Morgan fingerprint density at radius 1 is 1.30 bits per heavy atom. The van der Waals surface area contributed by atoms with E-state index in [2.05, 4.69) is 5.32 Å². The number of nitrogen functional groups attached to an aromatic ring is 1. The van der Waals surface area contributed by atoms with E-state index in [1.54, 1.807) is 0 Å². The third-order valence-electron chi connectivity index (χ3n) is 2.61. The van der Waals surface area contributed by atoms with Gasteiger partial charge in [0.05, 0.1) is 22.0 Å². The summed E-state index contributed by atoms with van der Waals surface area (Å²) in [6, 6.07) is 9.77. The SMILES string of the molecule is N#Cc1cc(F)ccc1NC(=O)c1ccc(N)c(Cl)c1. The number of benzene rings is 2. The van der Waals surface area contributed by atoms with Crippen LogP contribution >= 0.6 is 11.6 Å². The first-order valence-electron chi connectivity index (χ1n) is 5.57. The van der Waals surface area contributed by atoms with E-state index in [-0.39, 0.29) is 21.8 Å². The molecular weight excluding hydrogens is 281 g/mol. The van der Waals surface area contributed by atoms with Crippen molar-refractivity contribution in [3.05, 3.63) is 58.4 Å². The van der Waals surface area contributed by atoms with Crippen molar-refractivity contribution in [3.8, 4) is 6.07 Å². The zero-order valence-corrected chi connectivity index (χ0v) is 10.9. The highest BCUT2D eigenvalue weighted by Crippen LogP contribution is 2.21. The van der Waals surface area contributed by atoms with E-state index in [1.807, 2.05) is 6.07 Å². The maximum absolute atomic E-state index is 13.0. The second kappa shape index (κ2) is 5.59. The first kappa shape index (κ1) is 13.8. The molecule has 0 aliphatic heterocycles. The van der Waals surface area contributed by atoms with Crippen LogP contribution in [0, 0.1) is 17.1 Å². The van der Waals surface area contributed by atoms with Gasteiger partial charge >= 0.3 is 0 Å². The number of carbonyl (C=O) groups is 1. The van der Waals surface area contributed by atoms with Gasteiger partial charge in [-0.2, -0.15) is 5.26 Å². The molecule has 0 aromatic heterocycles. The molecule has 0 bridgehead atoms. The topological polar surface area (TPSA) is 78.9 Å². The van der Waals surface area contributed by atoms with Crippen LogP contribution in [0.2, 0.25) is 5.02 Å². The number of anilines is 2. The Morgan fingerprint density at radius 2 is 2.05 bits per heavy atom. The second-order valence-electron chi connectivity index (χ2n) is 3.99. The van der Waals surface area contributed by atoms with E-state index in [0.29, 0.717) is 5.69 Å². The van der Waals surface area contributed by atoms with Gasteiger partial charge in [0.2, 0.25) is 0 Å². The van der Waals surface area contributed by atoms with Gasteiger partial charge in [-0.25, -0.2) is 4.39 Å². The van der Waals surface area contributed by atoms with E-state index < -0.39 is 11.7 Å². The van der Waals surface area contributed by atoms with Gasteiger partial charge in [0.25, 0.3) is 5.91 Å². The molecule has 3 N–H and O–H groups in total. The van der Waals surface area contributed by atoms with Gasteiger partial charge < -0.3 is 11.1 Å². The van der Waals surface area contributed by atoms with Crippen molar-refractivity contribution < 1.29 is 9.18 Å². The van der Waals surface area contributed by atoms with Gasteiger partial charge in [-0.05, 0) is 36.4 Å². The molecule has 4 nitrogen and oxygen atoms in total. The summed E-state index contributed by atoms with van der Waals surface area (Å²) in [6.07, 6.45) is 0. The molecule has 20 heavy (non-hydrogen) atoms. The smallest absolute Gasteiger partial charge is 0.255 e. The van der Waals surface area contributed by atoms with E-state index in [0.717, 1.165) is 12.1 Å². The fourth-order valence-corrected chi connectivity index (χ4v) is 1.76. The molecule has 0 spiro atoms. The Balaban J connectivity index is 2.28. The van der Waals surface area contributed by atoms with E-state index in [1.165, 1.54) is 24.3 Å². The minimum atomic E-state index is -0.546. The quantitative estimate of drug-likeness (QED) is 0.833. The fourth-order valence-electron chi connectivity index (χ4n) is 1.58. The molecule has 0 radical (unpaired) electrons. The average molecular weight is 290 g/mol. The predicted octanol–water partition coefficient (Wildman–Crippen LogP) is 3.19. The van der Waals surface area contributed by atoms with Crippen LogP contribution < -0.4 is 11.1 Å². The molecule has 2 aromatic carbocycles. The number of nitriles is 1. The van der Waals surface area contributed by atoms with Crippen molar-refractivity contribution in [2.75, 3.05) is 11.1 Å². The molecule has 0 aliphatic rings. The largest absolute Gasteiger partial charge is 0.398 e. The summed E-state index contributed by atoms with van der Waals surface area (Å²) in [7, 11) is 0. The zero-order valence-electron chi connectivity index (χ0n) is 10.2. The summed E-state index contributed by atoms with van der Waals surface area (Å²) >= 11 is 5.83. The van der Waals surface area contributed by atoms with Crippen LogP contribution in [0.15, 0.2) is 36.4 Å². The molecule has 100 valence electrons. The van der Waals surface area contributed by atoms with Gasteiger partial charge in [-0.1, -0.05) is 11.6 Å². The highest BCUT2D eigenvalue weighted by atomic mass is 35.5. The minimum absolute atomic E-state index is 0.0416. The summed E-state index contributed by atoms with van der Waals surface area (Å²) in [6.45, 7) is 0. The van der Waals surface area contributed by atoms with Crippen molar-refractivity contribution in [1.29, 1.82) is 5.26 Å². The van der Waals surface area contributed by atoms with Crippen LogP contribution in [-0.4, -0.2) is 5.91 Å². The number of nitrogens with one attached hydrogen (secondary N) is 1. The maximum Gasteiger partial charge on any atom is 0.255 e. The van der Waals surface area contributed by atoms with Crippen LogP contribution in [0.4, 0.5) is 15.8 Å². The number of hydrogen-bond acceptors (Lipinski definition) is 3. The van der Waals surface area contributed by atoms with Crippen LogP contribution in [0.5, 0.6) is 0 Å². The summed E-state index contributed by atoms with van der Waals surface area (Å²) in [5, 5.41) is 11.7. The van der Waals surface area contributed by atoms with Crippen LogP contribution in [-0.2, 0) is 0 Å². The first-order chi connectivity index (χ1) is 9.51. The normalized spacial score (nSPS) is 9.85. The fraction of sp³-hybridized carbons (Fsp3) is 0. The monoisotopic (exact) mass is 289 g/mol. The van der Waals surface area contributed by atoms with Crippen molar-refractivity contribution >= 4 is 28.9 Å². The Hall–Kier alpha value is -2.58. The highest BCUT2D eigenvalue weighted by molar-refractivity contribution is 6.33. The minimum Gasteiger partial charge on any atom is -0.398 e. The number of hydrogen-bond donors (Lipinski definition) is 2. The number of amides is 1. The van der Waals surface area contributed by atoms with Crippen LogP contribution in [0.25, 0.3) is 0 Å². The summed E-state index contributed by atoms with van der Waals surface area (Å²) in [5.41, 5.74) is 6.48. The predicted molar refractivity (Wildman–Crippen MR) is 74.9 cm³/mol. The second-order valence-corrected chi connectivity index (χ2v) is 4.40. The molecule has 0 heterocycles. The van der Waals surface area contributed by atoms with E-state index in [4.69, 9.17) is 22.6 Å². The first-order valence-corrected chi connectivity index (χ1v) is 5.95. The van der Waals surface area contributed by atoms with Gasteiger partial charge in [-0.3, -0.25) is 4.79 Å². The molecule has 2 aromatic rings. The van der Waals surface area contributed by atoms with E-state index >= 15 is 0 Å². The van der Waals surface area contributed by atoms with Crippen molar-refractivity contribution in [2.45, 2.75) is 0 Å². The van der Waals surface area contributed by atoms with Gasteiger partial charge in [0.15, 0.2) is 0 Å². The summed E-state index contributed by atoms with van der Waals surface area (Å²) in [4.78, 5) is 12.0. The lowest BCUT2D eigenvalue weighted by Crippen LogP contribution is -2.13. The molecule has 0 saturated carbocycles. The molecule has 0 aliphatic carbocycles. The summed E-state index contributed by atoms with van der Waals surface area (Å²) in [5.74, 6) is -1.01. The molecule has 2 rings (SSSR count). The highest BCUT2D eigenvalue weighted by Gasteiger charge is 2.11. The Bertz CT molecular complexity index is 725. The zero-order chi connectivity index (χ0) is 14.7. The summed E-state index contributed by atoms with van der Waals surface area (Å²) < 4.78 is 13.0. The van der Waals surface area contributed by atoms with Gasteiger partial charge in [0.1, 0.15) is 11.9 Å². The third kappa shape index (κ3) is 2.87. The number of halogens is 2. The van der Waals surface area contributed by atoms with Crippen molar-refractivity contribution in [3.63, 3.8) is 0 Å². The molecular formula is C14H9ClFN3O.